The quantitative estimate of drug-likeness (QED) is 0.926. The van der Waals surface area contributed by atoms with Gasteiger partial charge in [0, 0.05) is 16.9 Å². The molecule has 0 unspecified atom stereocenters. The van der Waals surface area contributed by atoms with Gasteiger partial charge in [-0.3, -0.25) is 0 Å². The van der Waals surface area contributed by atoms with Crippen molar-refractivity contribution in [3.8, 4) is 0 Å². The van der Waals surface area contributed by atoms with Crippen LogP contribution in [0.4, 0.5) is 0 Å². The third-order valence-electron chi connectivity index (χ3n) is 2.31. The third-order valence-corrected chi connectivity index (χ3v) is 4.32. The molecule has 1 N–H and O–H groups in total. The predicted octanol–water partition coefficient (Wildman–Crippen LogP) is 2.67. The minimum Gasteiger partial charge on any atom is -0.210 e. The SMILES string of the molecule is [CH2]NS(=O)(=O)c1ccc(Br)c2ccccc12. The molecular formula is C11H9BrNO2S. The van der Waals surface area contributed by atoms with E-state index in [1.807, 2.05) is 12.1 Å². The highest BCUT2D eigenvalue weighted by atomic mass is 79.9. The van der Waals surface area contributed by atoms with E-state index in [1.54, 1.807) is 24.3 Å². The zero-order valence-corrected chi connectivity index (χ0v) is 10.7. The van der Waals surface area contributed by atoms with Crippen LogP contribution < -0.4 is 4.72 Å². The molecule has 1 radical (unpaired) electrons. The van der Waals surface area contributed by atoms with Gasteiger partial charge < -0.3 is 0 Å². The molecule has 0 saturated heterocycles. The predicted molar refractivity (Wildman–Crippen MR) is 67.3 cm³/mol. The first-order chi connectivity index (χ1) is 7.56. The van der Waals surface area contributed by atoms with Crippen molar-refractivity contribution in [2.75, 3.05) is 0 Å². The number of nitrogens with one attached hydrogen (secondary N) is 1. The van der Waals surface area contributed by atoms with Crippen LogP contribution in [-0.2, 0) is 10.0 Å². The van der Waals surface area contributed by atoms with Crippen LogP contribution in [0, 0.1) is 7.05 Å². The van der Waals surface area contributed by atoms with Crippen molar-refractivity contribution < 1.29 is 8.42 Å². The van der Waals surface area contributed by atoms with E-state index in [4.69, 9.17) is 0 Å². The van der Waals surface area contributed by atoms with Crippen molar-refractivity contribution >= 4 is 36.7 Å². The van der Waals surface area contributed by atoms with Crippen molar-refractivity contribution in [1.29, 1.82) is 0 Å². The Kier molecular flexibility index (Phi) is 3.01. The second-order valence-corrected chi connectivity index (χ2v) is 5.83. The topological polar surface area (TPSA) is 46.2 Å². The molecule has 5 heteroatoms. The largest absolute Gasteiger partial charge is 0.241 e. The highest BCUT2D eigenvalue weighted by Crippen LogP contribution is 2.29. The minimum absolute atomic E-state index is 0.237. The van der Waals surface area contributed by atoms with E-state index in [1.165, 1.54) is 0 Å². The first-order valence-corrected chi connectivity index (χ1v) is 6.80. The fourth-order valence-corrected chi connectivity index (χ4v) is 2.89. The summed E-state index contributed by atoms with van der Waals surface area (Å²) in [4.78, 5) is 0.237. The summed E-state index contributed by atoms with van der Waals surface area (Å²) in [5.41, 5.74) is 0. The number of benzene rings is 2. The standard InChI is InChI=1S/C11H9BrNO2S/c1-13-16(14,15)11-7-6-10(12)8-4-2-3-5-9(8)11/h2-7,13H,1H2. The van der Waals surface area contributed by atoms with E-state index in [2.05, 4.69) is 27.7 Å². The van der Waals surface area contributed by atoms with Gasteiger partial charge in [0.1, 0.15) is 0 Å². The average molecular weight is 299 g/mol. The van der Waals surface area contributed by atoms with E-state index < -0.39 is 10.0 Å². The molecule has 16 heavy (non-hydrogen) atoms. The zero-order valence-electron chi connectivity index (χ0n) is 8.27. The van der Waals surface area contributed by atoms with E-state index in [-0.39, 0.29) is 4.90 Å². The van der Waals surface area contributed by atoms with Gasteiger partial charge in [-0.25, -0.2) is 13.1 Å². The van der Waals surface area contributed by atoms with Crippen molar-refractivity contribution in [1.82, 2.24) is 4.72 Å². The Morgan fingerprint density at radius 2 is 1.69 bits per heavy atom. The number of sulfonamides is 1. The number of hydrogen-bond donors (Lipinski definition) is 1. The van der Waals surface area contributed by atoms with E-state index in [0.717, 1.165) is 9.86 Å². The highest BCUT2D eigenvalue weighted by Gasteiger charge is 2.15. The van der Waals surface area contributed by atoms with Crippen LogP contribution in [-0.4, -0.2) is 8.42 Å². The van der Waals surface area contributed by atoms with Gasteiger partial charge in [0.15, 0.2) is 0 Å². The summed E-state index contributed by atoms with van der Waals surface area (Å²) in [6.07, 6.45) is 0. The van der Waals surface area contributed by atoms with Gasteiger partial charge in [0.25, 0.3) is 0 Å². The van der Waals surface area contributed by atoms with Crippen molar-refractivity contribution in [3.63, 3.8) is 0 Å². The molecule has 0 saturated carbocycles. The Bertz CT molecular complexity index is 637. The van der Waals surface area contributed by atoms with Crippen molar-refractivity contribution in [2.45, 2.75) is 4.90 Å². The van der Waals surface area contributed by atoms with Crippen LogP contribution >= 0.6 is 15.9 Å². The van der Waals surface area contributed by atoms with E-state index in [0.29, 0.717) is 5.39 Å². The van der Waals surface area contributed by atoms with E-state index in [9.17, 15) is 8.42 Å². The lowest BCUT2D eigenvalue weighted by Crippen LogP contribution is -2.16. The Balaban J connectivity index is 2.88. The molecule has 0 atom stereocenters. The van der Waals surface area contributed by atoms with Crippen LogP contribution in [0.15, 0.2) is 45.8 Å². The van der Waals surface area contributed by atoms with Gasteiger partial charge in [-0.05, 0) is 17.5 Å². The Morgan fingerprint density at radius 3 is 2.31 bits per heavy atom. The molecule has 0 aliphatic carbocycles. The van der Waals surface area contributed by atoms with Gasteiger partial charge in [-0.2, -0.15) is 0 Å². The number of hydrogen-bond acceptors (Lipinski definition) is 2. The molecule has 0 fully saturated rings. The maximum Gasteiger partial charge on any atom is 0.241 e. The molecule has 0 amide bonds. The van der Waals surface area contributed by atoms with Crippen LogP contribution in [0.2, 0.25) is 0 Å². The lowest BCUT2D eigenvalue weighted by Gasteiger charge is -2.07. The summed E-state index contributed by atoms with van der Waals surface area (Å²) >= 11 is 3.39. The van der Waals surface area contributed by atoms with Gasteiger partial charge in [-0.15, -0.1) is 0 Å². The smallest absolute Gasteiger partial charge is 0.210 e. The van der Waals surface area contributed by atoms with Gasteiger partial charge in [-0.1, -0.05) is 40.2 Å². The van der Waals surface area contributed by atoms with Crippen molar-refractivity contribution in [3.05, 3.63) is 47.9 Å². The molecule has 2 aromatic carbocycles. The van der Waals surface area contributed by atoms with Gasteiger partial charge in [0.2, 0.25) is 10.0 Å². The molecule has 3 nitrogen and oxygen atoms in total. The molecule has 0 aromatic heterocycles. The summed E-state index contributed by atoms with van der Waals surface area (Å²) in [5, 5.41) is 1.53. The van der Waals surface area contributed by atoms with Crippen LogP contribution in [0.3, 0.4) is 0 Å². The summed E-state index contributed by atoms with van der Waals surface area (Å²) in [5.74, 6) is 0. The number of rotatable bonds is 2. The molecule has 0 heterocycles. The fourth-order valence-electron chi connectivity index (χ4n) is 1.55. The normalized spacial score (nSPS) is 11.9. The van der Waals surface area contributed by atoms with Crippen molar-refractivity contribution in [2.24, 2.45) is 0 Å². The molecule has 0 aliphatic rings. The van der Waals surface area contributed by atoms with E-state index >= 15 is 0 Å². The Morgan fingerprint density at radius 1 is 1.06 bits per heavy atom. The summed E-state index contributed by atoms with van der Waals surface area (Å²) in [6, 6.07) is 10.6. The molecule has 83 valence electrons. The zero-order chi connectivity index (χ0) is 11.8. The third kappa shape index (κ3) is 1.86. The maximum absolute atomic E-state index is 11.7. The number of halogens is 1. The molecule has 0 bridgehead atoms. The monoisotopic (exact) mass is 298 g/mol. The average Bonchev–Trinajstić information content (AvgIpc) is 2.29. The molecule has 2 aromatic rings. The minimum atomic E-state index is -3.52. The summed E-state index contributed by atoms with van der Waals surface area (Å²) < 4.78 is 26.4. The molecular weight excluding hydrogens is 290 g/mol. The van der Waals surface area contributed by atoms with Crippen LogP contribution in [0.5, 0.6) is 0 Å². The summed E-state index contributed by atoms with van der Waals surface area (Å²) in [7, 11) is -0.310. The first kappa shape index (κ1) is 11.6. The molecule has 0 aliphatic heterocycles. The van der Waals surface area contributed by atoms with Crippen LogP contribution in [0.25, 0.3) is 10.8 Å². The fraction of sp³-hybridized carbons (Fsp3) is 0. The Labute approximate surface area is 103 Å². The van der Waals surface area contributed by atoms with Gasteiger partial charge >= 0.3 is 0 Å². The first-order valence-electron chi connectivity index (χ1n) is 4.52. The number of fused-ring (bicyclic) bond motifs is 1. The lowest BCUT2D eigenvalue weighted by molar-refractivity contribution is 0.591. The van der Waals surface area contributed by atoms with Gasteiger partial charge in [0.05, 0.1) is 4.90 Å². The molecule has 0 spiro atoms. The lowest BCUT2D eigenvalue weighted by atomic mass is 10.1. The Hall–Kier alpha value is -0.910. The maximum atomic E-state index is 11.7. The summed E-state index contributed by atoms with van der Waals surface area (Å²) in [6.45, 7) is 0. The molecule has 2 rings (SSSR count). The van der Waals surface area contributed by atoms with Crippen LogP contribution in [0.1, 0.15) is 0 Å². The highest BCUT2D eigenvalue weighted by molar-refractivity contribution is 9.10. The second-order valence-electron chi connectivity index (χ2n) is 3.24. The second kappa shape index (κ2) is 4.16.